The zero-order valence-corrected chi connectivity index (χ0v) is 18.5. The number of pyridine rings is 2. The fourth-order valence-electron chi connectivity index (χ4n) is 4.80. The first-order valence-corrected chi connectivity index (χ1v) is 11.8. The topological polar surface area (TPSA) is 25.8 Å². The normalized spacial score (nSPS) is 11.6. The number of rotatable bonds is 2. The van der Waals surface area contributed by atoms with E-state index >= 15 is 0 Å². The molecule has 0 amide bonds. The minimum absolute atomic E-state index is 1.04. The number of benzene rings is 4. The maximum absolute atomic E-state index is 5.17. The molecule has 0 N–H and O–H groups in total. The van der Waals surface area contributed by atoms with Gasteiger partial charge in [0.05, 0.1) is 15.7 Å². The minimum atomic E-state index is 1.04. The molecule has 0 aliphatic carbocycles. The zero-order valence-electron chi connectivity index (χ0n) is 17.7. The molecule has 3 heteroatoms. The molecule has 0 atom stereocenters. The standard InChI is InChI=1S/C30H18N2S/c1-2-8-23-20(6-1)15-16-25-28(23)27(30-29(32-25)24-9-3-4-10-26(24)33-30)21-13-11-19(12-14-21)22-7-5-17-31-18-22/h1-18H. The second kappa shape index (κ2) is 7.22. The largest absolute Gasteiger partial charge is 0.264 e. The molecule has 7 aromatic rings. The highest BCUT2D eigenvalue weighted by molar-refractivity contribution is 7.26. The second-order valence-corrected chi connectivity index (χ2v) is 9.31. The highest BCUT2D eigenvalue weighted by Gasteiger charge is 2.18. The number of thiophene rings is 1. The minimum Gasteiger partial charge on any atom is -0.264 e. The van der Waals surface area contributed by atoms with Crippen LogP contribution in [0.15, 0.2) is 109 Å². The molecule has 3 aromatic heterocycles. The average Bonchev–Trinajstić information content (AvgIpc) is 3.26. The van der Waals surface area contributed by atoms with Crippen LogP contribution in [0, 0.1) is 0 Å². The van der Waals surface area contributed by atoms with Crippen LogP contribution >= 0.6 is 11.3 Å². The van der Waals surface area contributed by atoms with Gasteiger partial charge in [0.15, 0.2) is 0 Å². The average molecular weight is 439 g/mol. The highest BCUT2D eigenvalue weighted by atomic mass is 32.1. The Balaban J connectivity index is 1.60. The van der Waals surface area contributed by atoms with E-state index in [1.807, 2.05) is 29.8 Å². The lowest BCUT2D eigenvalue weighted by Gasteiger charge is -2.12. The Labute approximate surface area is 194 Å². The van der Waals surface area contributed by atoms with E-state index in [0.29, 0.717) is 0 Å². The Hall–Kier alpha value is -4.08. The lowest BCUT2D eigenvalue weighted by Crippen LogP contribution is -1.89. The molecule has 2 nitrogen and oxygen atoms in total. The zero-order chi connectivity index (χ0) is 21.8. The van der Waals surface area contributed by atoms with Crippen LogP contribution in [0.5, 0.6) is 0 Å². The Morgan fingerprint density at radius 3 is 2.24 bits per heavy atom. The fraction of sp³-hybridized carbons (Fsp3) is 0. The summed E-state index contributed by atoms with van der Waals surface area (Å²) in [6, 6.07) is 34.5. The van der Waals surface area contributed by atoms with Crippen molar-refractivity contribution in [3.05, 3.63) is 109 Å². The van der Waals surface area contributed by atoms with Crippen molar-refractivity contribution >= 4 is 53.3 Å². The fourth-order valence-corrected chi connectivity index (χ4v) is 6.02. The number of hydrogen-bond acceptors (Lipinski definition) is 3. The van der Waals surface area contributed by atoms with Crippen molar-refractivity contribution in [2.75, 3.05) is 0 Å². The maximum atomic E-state index is 5.17. The SMILES string of the molecule is c1cncc(-c2ccc(-c3c4sc5ccccc5c4nc4ccc5ccccc5c34)cc2)c1. The van der Waals surface area contributed by atoms with Crippen molar-refractivity contribution in [2.45, 2.75) is 0 Å². The molecule has 7 rings (SSSR count). The number of fused-ring (bicyclic) bond motifs is 6. The van der Waals surface area contributed by atoms with E-state index < -0.39 is 0 Å². The molecular formula is C30H18N2S. The van der Waals surface area contributed by atoms with E-state index in [1.165, 1.54) is 47.6 Å². The van der Waals surface area contributed by atoms with Gasteiger partial charge in [0.25, 0.3) is 0 Å². The van der Waals surface area contributed by atoms with Crippen LogP contribution < -0.4 is 0 Å². The molecule has 0 saturated heterocycles. The Kier molecular flexibility index (Phi) is 4.05. The van der Waals surface area contributed by atoms with Gasteiger partial charge in [-0.2, -0.15) is 0 Å². The molecule has 0 spiro atoms. The van der Waals surface area contributed by atoms with Gasteiger partial charge in [-0.1, -0.05) is 78.9 Å². The van der Waals surface area contributed by atoms with Gasteiger partial charge in [0.1, 0.15) is 0 Å². The van der Waals surface area contributed by atoms with E-state index in [-0.39, 0.29) is 0 Å². The summed E-state index contributed by atoms with van der Waals surface area (Å²) in [5, 5.41) is 4.93. The molecule has 154 valence electrons. The van der Waals surface area contributed by atoms with Gasteiger partial charge >= 0.3 is 0 Å². The molecule has 3 heterocycles. The summed E-state index contributed by atoms with van der Waals surface area (Å²) in [6.07, 6.45) is 3.72. The van der Waals surface area contributed by atoms with Gasteiger partial charge in [-0.25, -0.2) is 4.98 Å². The molecule has 0 radical (unpaired) electrons. The van der Waals surface area contributed by atoms with Crippen LogP contribution in [0.4, 0.5) is 0 Å². The number of nitrogens with zero attached hydrogens (tertiary/aromatic N) is 2. The van der Waals surface area contributed by atoms with E-state index in [2.05, 4.69) is 96.0 Å². The van der Waals surface area contributed by atoms with Gasteiger partial charge in [0.2, 0.25) is 0 Å². The lowest BCUT2D eigenvalue weighted by atomic mass is 9.94. The molecule has 0 fully saturated rings. The third kappa shape index (κ3) is 2.86. The third-order valence-electron chi connectivity index (χ3n) is 6.35. The molecule has 0 unspecified atom stereocenters. The van der Waals surface area contributed by atoms with E-state index in [0.717, 1.165) is 16.6 Å². The lowest BCUT2D eigenvalue weighted by molar-refractivity contribution is 1.33. The Bertz CT molecular complexity index is 1800. The van der Waals surface area contributed by atoms with Crippen LogP contribution in [0.1, 0.15) is 0 Å². The first-order chi connectivity index (χ1) is 16.4. The summed E-state index contributed by atoms with van der Waals surface area (Å²) in [5.41, 5.74) is 6.90. The summed E-state index contributed by atoms with van der Waals surface area (Å²) < 4.78 is 2.52. The van der Waals surface area contributed by atoms with Crippen molar-refractivity contribution in [2.24, 2.45) is 0 Å². The summed E-state index contributed by atoms with van der Waals surface area (Å²) in [4.78, 5) is 9.44. The van der Waals surface area contributed by atoms with Crippen molar-refractivity contribution in [1.29, 1.82) is 0 Å². The summed E-state index contributed by atoms with van der Waals surface area (Å²) >= 11 is 1.83. The number of aromatic nitrogens is 2. The van der Waals surface area contributed by atoms with Gasteiger partial charge in [0, 0.05) is 33.4 Å². The van der Waals surface area contributed by atoms with Crippen LogP contribution in [-0.2, 0) is 0 Å². The first kappa shape index (κ1) is 18.5. The monoisotopic (exact) mass is 438 g/mol. The van der Waals surface area contributed by atoms with Gasteiger partial charge in [-0.05, 0) is 45.7 Å². The third-order valence-corrected chi connectivity index (χ3v) is 7.53. The molecule has 33 heavy (non-hydrogen) atoms. The van der Waals surface area contributed by atoms with Gasteiger partial charge in [-0.15, -0.1) is 11.3 Å². The molecule has 0 saturated carbocycles. The summed E-state index contributed by atoms with van der Waals surface area (Å²) in [5.74, 6) is 0. The predicted octanol–water partition coefficient (Wildman–Crippen LogP) is 8.48. The highest BCUT2D eigenvalue weighted by Crippen LogP contribution is 2.44. The van der Waals surface area contributed by atoms with Gasteiger partial charge < -0.3 is 0 Å². The van der Waals surface area contributed by atoms with Crippen LogP contribution in [0.2, 0.25) is 0 Å². The molecule has 0 aliphatic rings. The molecular weight excluding hydrogens is 420 g/mol. The smallest absolute Gasteiger partial charge is 0.0902 e. The Morgan fingerprint density at radius 1 is 0.606 bits per heavy atom. The quantitative estimate of drug-likeness (QED) is 0.253. The van der Waals surface area contributed by atoms with E-state index in [4.69, 9.17) is 4.98 Å². The van der Waals surface area contributed by atoms with Crippen LogP contribution in [0.25, 0.3) is 64.2 Å². The molecule has 4 aromatic carbocycles. The second-order valence-electron chi connectivity index (χ2n) is 8.26. The maximum Gasteiger partial charge on any atom is 0.0902 e. The summed E-state index contributed by atoms with van der Waals surface area (Å²) in [7, 11) is 0. The van der Waals surface area contributed by atoms with E-state index in [9.17, 15) is 0 Å². The summed E-state index contributed by atoms with van der Waals surface area (Å²) in [6.45, 7) is 0. The molecule has 0 aliphatic heterocycles. The van der Waals surface area contributed by atoms with Crippen molar-refractivity contribution in [3.63, 3.8) is 0 Å². The van der Waals surface area contributed by atoms with Crippen LogP contribution in [0.3, 0.4) is 0 Å². The van der Waals surface area contributed by atoms with Crippen molar-refractivity contribution in [1.82, 2.24) is 9.97 Å². The van der Waals surface area contributed by atoms with Crippen LogP contribution in [-0.4, -0.2) is 9.97 Å². The first-order valence-electron chi connectivity index (χ1n) is 11.0. The number of hydrogen-bond donors (Lipinski definition) is 0. The van der Waals surface area contributed by atoms with E-state index in [1.54, 1.807) is 0 Å². The predicted molar refractivity (Wildman–Crippen MR) is 141 cm³/mol. The van der Waals surface area contributed by atoms with Gasteiger partial charge in [-0.3, -0.25) is 4.98 Å². The van der Waals surface area contributed by atoms with Crippen molar-refractivity contribution in [3.8, 4) is 22.3 Å². The molecule has 0 bridgehead atoms. The van der Waals surface area contributed by atoms with Crippen molar-refractivity contribution < 1.29 is 0 Å². The Morgan fingerprint density at radius 2 is 1.39 bits per heavy atom.